The van der Waals surface area contributed by atoms with Crippen LogP contribution in [-0.4, -0.2) is 47.7 Å². The zero-order valence-corrected chi connectivity index (χ0v) is 25.3. The fraction of sp³-hybridized carbons (Fsp3) is 0.294. The number of alkyl halides is 3. The molecule has 0 radical (unpaired) electrons. The number of ether oxygens (including phenoxy) is 1. The number of carbonyl (C=O) groups excluding carboxylic acids is 3. The molecule has 7 nitrogen and oxygen atoms in total. The van der Waals surface area contributed by atoms with Crippen molar-refractivity contribution in [1.82, 2.24) is 5.32 Å². The summed E-state index contributed by atoms with van der Waals surface area (Å²) in [4.78, 5) is 50.4. The zero-order chi connectivity index (χ0) is 32.6. The predicted molar refractivity (Wildman–Crippen MR) is 165 cm³/mol. The number of benzene rings is 3. The van der Waals surface area contributed by atoms with Crippen LogP contribution in [0.25, 0.3) is 5.57 Å². The van der Waals surface area contributed by atoms with E-state index in [-0.39, 0.29) is 40.1 Å². The van der Waals surface area contributed by atoms with E-state index in [9.17, 15) is 32.3 Å². The summed E-state index contributed by atoms with van der Waals surface area (Å²) in [5.41, 5.74) is 2.22. The average molecular weight is 640 g/mol. The number of carboxylic acids is 1. The number of halogens is 3. The molecular formula is C34H32F3NO6S. The van der Waals surface area contributed by atoms with Gasteiger partial charge in [-0.15, -0.1) is 24.9 Å². The van der Waals surface area contributed by atoms with Crippen LogP contribution in [0.2, 0.25) is 0 Å². The van der Waals surface area contributed by atoms with Crippen LogP contribution < -0.4 is 10.1 Å². The van der Waals surface area contributed by atoms with Crippen molar-refractivity contribution in [3.8, 4) is 5.75 Å². The molecule has 1 amide bonds. The van der Waals surface area contributed by atoms with Gasteiger partial charge >= 0.3 is 12.3 Å². The number of ketones is 2. The van der Waals surface area contributed by atoms with Gasteiger partial charge in [-0.05, 0) is 72.6 Å². The van der Waals surface area contributed by atoms with E-state index in [0.717, 1.165) is 49.1 Å². The van der Waals surface area contributed by atoms with Crippen molar-refractivity contribution in [3.05, 3.63) is 101 Å². The quantitative estimate of drug-likeness (QED) is 0.119. The van der Waals surface area contributed by atoms with Crippen LogP contribution >= 0.6 is 11.8 Å². The summed E-state index contributed by atoms with van der Waals surface area (Å²) in [6, 6.07) is 16.8. The summed E-state index contributed by atoms with van der Waals surface area (Å²) in [6.07, 6.45) is 3.29. The minimum atomic E-state index is -4.89. The molecular weight excluding hydrogens is 607 g/mol. The van der Waals surface area contributed by atoms with E-state index >= 15 is 0 Å². The zero-order valence-electron chi connectivity index (χ0n) is 24.5. The summed E-state index contributed by atoms with van der Waals surface area (Å²) in [5.74, 6) is -2.63. The Labute approximate surface area is 262 Å². The molecule has 0 unspecified atom stereocenters. The summed E-state index contributed by atoms with van der Waals surface area (Å²) in [5, 5.41) is 11.3. The Kier molecular flexibility index (Phi) is 11.2. The molecule has 0 aliphatic heterocycles. The number of Topliss-reactive ketones (excluding diaryl/α,β-unsaturated/α-hetero) is 1. The number of hydrogen-bond acceptors (Lipinski definition) is 6. The number of rotatable bonds is 12. The molecule has 11 heteroatoms. The molecule has 3 aromatic rings. The molecule has 3 aromatic carbocycles. The highest BCUT2D eigenvalue weighted by molar-refractivity contribution is 7.98. The molecule has 1 fully saturated rings. The fourth-order valence-electron chi connectivity index (χ4n) is 5.21. The van der Waals surface area contributed by atoms with E-state index < -0.39 is 35.6 Å². The van der Waals surface area contributed by atoms with Crippen LogP contribution in [0.1, 0.15) is 86.6 Å². The van der Waals surface area contributed by atoms with Gasteiger partial charge in [-0.3, -0.25) is 19.2 Å². The smallest absolute Gasteiger partial charge is 0.481 e. The maximum atomic E-state index is 13.8. The normalized spacial score (nSPS) is 14.1. The van der Waals surface area contributed by atoms with Gasteiger partial charge in [-0.2, -0.15) is 0 Å². The first-order valence-electron chi connectivity index (χ1n) is 14.4. The lowest BCUT2D eigenvalue weighted by molar-refractivity contribution is -0.275. The van der Waals surface area contributed by atoms with E-state index in [0.29, 0.717) is 11.5 Å². The Bertz CT molecular complexity index is 1580. The number of aliphatic carboxylic acids is 1. The van der Waals surface area contributed by atoms with Gasteiger partial charge in [0.2, 0.25) is 0 Å². The second kappa shape index (κ2) is 15.1. The topological polar surface area (TPSA) is 110 Å². The lowest BCUT2D eigenvalue weighted by Gasteiger charge is -2.22. The lowest BCUT2D eigenvalue weighted by Crippen LogP contribution is -2.26. The Hall–Kier alpha value is -4.38. The van der Waals surface area contributed by atoms with Gasteiger partial charge in [0.1, 0.15) is 5.75 Å². The van der Waals surface area contributed by atoms with E-state index in [1.165, 1.54) is 48.9 Å². The van der Waals surface area contributed by atoms with Gasteiger partial charge in [-0.1, -0.05) is 55.7 Å². The lowest BCUT2D eigenvalue weighted by atomic mass is 9.83. The van der Waals surface area contributed by atoms with Crippen LogP contribution in [0.5, 0.6) is 5.75 Å². The fourth-order valence-corrected chi connectivity index (χ4v) is 5.76. The molecule has 4 rings (SSSR count). The first-order valence-corrected chi connectivity index (χ1v) is 15.6. The van der Waals surface area contributed by atoms with Crippen molar-refractivity contribution < 1.29 is 42.2 Å². The predicted octanol–water partition coefficient (Wildman–Crippen LogP) is 7.71. The maximum Gasteiger partial charge on any atom is 0.573 e. The molecule has 0 aromatic heterocycles. The Balaban J connectivity index is 1.65. The molecule has 0 heterocycles. The van der Waals surface area contributed by atoms with Crippen molar-refractivity contribution in [2.45, 2.75) is 55.7 Å². The van der Waals surface area contributed by atoms with Crippen molar-refractivity contribution in [2.75, 3.05) is 12.8 Å². The van der Waals surface area contributed by atoms with Gasteiger partial charge in [0, 0.05) is 28.8 Å². The van der Waals surface area contributed by atoms with Crippen molar-refractivity contribution in [2.24, 2.45) is 0 Å². The molecule has 1 saturated carbocycles. The second-order valence-corrected chi connectivity index (χ2v) is 11.4. The summed E-state index contributed by atoms with van der Waals surface area (Å²) < 4.78 is 42.6. The number of allylic oxidation sites excluding steroid dienone is 2. The summed E-state index contributed by atoms with van der Waals surface area (Å²) in [6.45, 7) is -0.0533. The number of hydrogen-bond donors (Lipinski definition) is 2. The minimum absolute atomic E-state index is 0.0533. The molecule has 0 bridgehead atoms. The van der Waals surface area contributed by atoms with Gasteiger partial charge in [0.05, 0.1) is 11.3 Å². The largest absolute Gasteiger partial charge is 0.573 e. The molecule has 2 N–H and O–H groups in total. The van der Waals surface area contributed by atoms with Crippen LogP contribution in [0.15, 0.2) is 77.7 Å². The molecule has 0 saturated heterocycles. The minimum Gasteiger partial charge on any atom is -0.481 e. The second-order valence-electron chi connectivity index (χ2n) is 10.6. The third-order valence-corrected chi connectivity index (χ3v) is 8.28. The Morgan fingerprint density at radius 2 is 1.49 bits per heavy atom. The van der Waals surface area contributed by atoms with Crippen molar-refractivity contribution in [1.29, 1.82) is 0 Å². The standard InChI is InChI=1S/C34H32F3NO6S/c1-45-30-19-26(15-16-29(30)44-34(35,36)37)28(39)20-27(23-9-7-22(8-10-23)21-5-3-2-4-6-21)32(42)24-11-13-25(14-12-24)33(43)38-18-17-31(40)41/h7-16,19-21H,2-6,17-18H2,1H3,(H,38,43)(H,40,41)/b27-20-. The summed E-state index contributed by atoms with van der Waals surface area (Å²) >= 11 is 0.984. The first kappa shape index (κ1) is 33.5. The van der Waals surface area contributed by atoms with Gasteiger partial charge in [0.15, 0.2) is 11.6 Å². The monoisotopic (exact) mass is 639 g/mol. The number of amides is 1. The van der Waals surface area contributed by atoms with Gasteiger partial charge in [0.25, 0.3) is 5.91 Å². The van der Waals surface area contributed by atoms with Gasteiger partial charge in [-0.25, -0.2) is 0 Å². The van der Waals surface area contributed by atoms with Crippen molar-refractivity contribution in [3.63, 3.8) is 0 Å². The average Bonchev–Trinajstić information content (AvgIpc) is 3.03. The van der Waals surface area contributed by atoms with Gasteiger partial charge < -0.3 is 15.2 Å². The third-order valence-electron chi connectivity index (χ3n) is 7.53. The Morgan fingerprint density at radius 3 is 2.09 bits per heavy atom. The number of carboxylic acid groups (broad SMARTS) is 1. The highest BCUT2D eigenvalue weighted by Crippen LogP contribution is 2.35. The van der Waals surface area contributed by atoms with E-state index in [2.05, 4.69) is 10.1 Å². The van der Waals surface area contributed by atoms with Crippen LogP contribution in [0.3, 0.4) is 0 Å². The van der Waals surface area contributed by atoms with E-state index in [4.69, 9.17) is 5.11 Å². The maximum absolute atomic E-state index is 13.8. The number of nitrogens with one attached hydrogen (secondary N) is 1. The molecule has 1 aliphatic rings. The first-order chi connectivity index (χ1) is 21.4. The van der Waals surface area contributed by atoms with E-state index in [1.54, 1.807) is 18.4 Å². The highest BCUT2D eigenvalue weighted by Gasteiger charge is 2.32. The molecule has 45 heavy (non-hydrogen) atoms. The van der Waals surface area contributed by atoms with Crippen LogP contribution in [0.4, 0.5) is 13.2 Å². The molecule has 1 aliphatic carbocycles. The SMILES string of the molecule is CSc1cc(C(=O)/C=C(\C(=O)c2ccc(C(=O)NCCC(=O)O)cc2)c2ccc(C3CCCCC3)cc2)ccc1OC(F)(F)F. The van der Waals surface area contributed by atoms with Crippen molar-refractivity contribution >= 4 is 40.8 Å². The molecule has 0 spiro atoms. The van der Waals surface area contributed by atoms with Crippen LogP contribution in [-0.2, 0) is 4.79 Å². The highest BCUT2D eigenvalue weighted by atomic mass is 32.2. The number of carbonyl (C=O) groups is 4. The Morgan fingerprint density at radius 1 is 0.889 bits per heavy atom. The van der Waals surface area contributed by atoms with Crippen LogP contribution in [0, 0.1) is 0 Å². The molecule has 236 valence electrons. The van der Waals surface area contributed by atoms with E-state index in [1.807, 2.05) is 12.1 Å². The molecule has 0 atom stereocenters. The summed E-state index contributed by atoms with van der Waals surface area (Å²) in [7, 11) is 0. The third kappa shape index (κ3) is 9.31. The number of thioether (sulfide) groups is 1.